The van der Waals surface area contributed by atoms with Crippen LogP contribution in [0.2, 0.25) is 0 Å². The van der Waals surface area contributed by atoms with Crippen LogP contribution in [-0.2, 0) is 0 Å². The predicted octanol–water partition coefficient (Wildman–Crippen LogP) is 4.78. The quantitative estimate of drug-likeness (QED) is 0.624. The molecule has 0 saturated carbocycles. The Morgan fingerprint density at radius 1 is 0.839 bits per heavy atom. The van der Waals surface area contributed by atoms with Crippen molar-refractivity contribution >= 4 is 5.91 Å². The Labute approximate surface area is 181 Å². The number of rotatable bonds is 4. The fraction of sp³-hybridized carbons (Fsp3) is 0.192. The number of hydrogen-bond acceptors (Lipinski definition) is 4. The Balaban J connectivity index is 1.33. The monoisotopic (exact) mass is 407 g/mol. The average molecular weight is 407 g/mol. The third-order valence-corrected chi connectivity index (χ3v) is 5.47. The van der Waals surface area contributed by atoms with E-state index in [1.807, 2.05) is 53.4 Å². The van der Waals surface area contributed by atoms with Crippen LogP contribution in [0.5, 0.6) is 5.75 Å². The first-order valence-corrected chi connectivity index (χ1v) is 10.2. The molecule has 152 valence electrons. The summed E-state index contributed by atoms with van der Waals surface area (Å²) >= 11 is 0. The van der Waals surface area contributed by atoms with Crippen LogP contribution < -0.4 is 4.74 Å². The second-order valence-electron chi connectivity index (χ2n) is 7.52. The minimum atomic E-state index is -0.0395. The topological polar surface area (TPSA) is 77.1 Å². The van der Waals surface area contributed by atoms with E-state index in [1.165, 1.54) is 0 Å². The van der Waals surface area contributed by atoms with Gasteiger partial charge in [-0.25, -0.2) is 0 Å². The lowest BCUT2D eigenvalue weighted by molar-refractivity contribution is 0.0595. The number of amides is 1. The average Bonchev–Trinajstić information content (AvgIpc) is 2.84. The third kappa shape index (κ3) is 4.74. The van der Waals surface area contributed by atoms with Gasteiger partial charge < -0.3 is 9.64 Å². The summed E-state index contributed by atoms with van der Waals surface area (Å²) in [7, 11) is 0. The molecule has 1 aliphatic rings. The largest absolute Gasteiger partial charge is 0.490 e. The number of likely N-dealkylation sites (tertiary alicyclic amines) is 1. The lowest BCUT2D eigenvalue weighted by atomic mass is 10.0. The highest BCUT2D eigenvalue weighted by Gasteiger charge is 2.24. The molecule has 0 unspecified atom stereocenters. The van der Waals surface area contributed by atoms with E-state index in [1.54, 1.807) is 24.3 Å². The van der Waals surface area contributed by atoms with Crippen molar-refractivity contribution < 1.29 is 9.53 Å². The third-order valence-electron chi connectivity index (χ3n) is 5.47. The van der Waals surface area contributed by atoms with Crippen LogP contribution in [0.1, 0.15) is 34.3 Å². The van der Waals surface area contributed by atoms with Gasteiger partial charge in [-0.3, -0.25) is 4.79 Å². The van der Waals surface area contributed by atoms with Crippen molar-refractivity contribution in [2.75, 3.05) is 13.1 Å². The normalized spacial score (nSPS) is 13.8. The first-order valence-electron chi connectivity index (χ1n) is 10.2. The van der Waals surface area contributed by atoms with Gasteiger partial charge in [0, 0.05) is 31.5 Å². The van der Waals surface area contributed by atoms with Gasteiger partial charge in [0.25, 0.3) is 5.91 Å². The van der Waals surface area contributed by atoms with Gasteiger partial charge in [-0.2, -0.15) is 10.5 Å². The Kier molecular flexibility index (Phi) is 5.96. The second-order valence-corrected chi connectivity index (χ2v) is 7.52. The van der Waals surface area contributed by atoms with E-state index in [-0.39, 0.29) is 12.0 Å². The molecule has 1 heterocycles. The van der Waals surface area contributed by atoms with Gasteiger partial charge in [0.1, 0.15) is 11.9 Å². The standard InChI is InChI=1S/C26H21N3O2/c27-17-19-4-6-21(7-5-19)22-8-10-24(11-9-22)31-25-12-14-29(15-13-25)26(30)23-3-1-2-20(16-23)18-28/h1-11,16,25H,12-15H2. The Bertz CT molecular complexity index is 1150. The number of benzene rings is 3. The Morgan fingerprint density at radius 2 is 1.45 bits per heavy atom. The molecule has 0 N–H and O–H groups in total. The van der Waals surface area contributed by atoms with E-state index in [0.717, 1.165) is 29.7 Å². The Hall–Kier alpha value is -4.09. The SMILES string of the molecule is N#Cc1ccc(-c2ccc(OC3CCN(C(=O)c4cccc(C#N)c4)CC3)cc2)cc1. The molecule has 5 heteroatoms. The summed E-state index contributed by atoms with van der Waals surface area (Å²) in [6.07, 6.45) is 1.59. The zero-order chi connectivity index (χ0) is 21.6. The summed E-state index contributed by atoms with van der Waals surface area (Å²) in [6.45, 7) is 1.26. The summed E-state index contributed by atoms with van der Waals surface area (Å²) < 4.78 is 6.13. The molecule has 0 aromatic heterocycles. The van der Waals surface area contributed by atoms with E-state index in [9.17, 15) is 4.79 Å². The van der Waals surface area contributed by atoms with Crippen LogP contribution in [0, 0.1) is 22.7 Å². The molecular weight excluding hydrogens is 386 g/mol. The van der Waals surface area contributed by atoms with Gasteiger partial charge in [0.05, 0.1) is 23.3 Å². The first-order chi connectivity index (χ1) is 15.2. The zero-order valence-corrected chi connectivity index (χ0v) is 17.0. The summed E-state index contributed by atoms with van der Waals surface area (Å²) in [4.78, 5) is 14.5. The fourth-order valence-corrected chi connectivity index (χ4v) is 3.74. The molecular formula is C26H21N3O2. The molecule has 1 amide bonds. The number of nitriles is 2. The van der Waals surface area contributed by atoms with Crippen LogP contribution >= 0.6 is 0 Å². The summed E-state index contributed by atoms with van der Waals surface area (Å²) in [5.74, 6) is 0.770. The molecule has 31 heavy (non-hydrogen) atoms. The van der Waals surface area contributed by atoms with E-state index in [4.69, 9.17) is 15.3 Å². The van der Waals surface area contributed by atoms with Crippen molar-refractivity contribution in [3.8, 4) is 29.0 Å². The fourth-order valence-electron chi connectivity index (χ4n) is 3.74. The minimum Gasteiger partial charge on any atom is -0.490 e. The number of piperidine rings is 1. The number of carbonyl (C=O) groups is 1. The van der Waals surface area contributed by atoms with Gasteiger partial charge in [-0.1, -0.05) is 30.3 Å². The molecule has 0 atom stereocenters. The molecule has 1 fully saturated rings. The highest BCUT2D eigenvalue weighted by Crippen LogP contribution is 2.25. The van der Waals surface area contributed by atoms with Crippen molar-refractivity contribution in [2.24, 2.45) is 0 Å². The summed E-state index contributed by atoms with van der Waals surface area (Å²) in [5.41, 5.74) is 3.81. The Morgan fingerprint density at radius 3 is 2.06 bits per heavy atom. The van der Waals surface area contributed by atoms with Crippen LogP contribution in [0.3, 0.4) is 0 Å². The molecule has 0 radical (unpaired) electrons. The van der Waals surface area contributed by atoms with Crippen molar-refractivity contribution in [1.82, 2.24) is 4.90 Å². The molecule has 1 saturated heterocycles. The molecule has 5 nitrogen and oxygen atoms in total. The lowest BCUT2D eigenvalue weighted by Gasteiger charge is -2.32. The van der Waals surface area contributed by atoms with Crippen molar-refractivity contribution in [2.45, 2.75) is 18.9 Å². The molecule has 3 aromatic rings. The van der Waals surface area contributed by atoms with E-state index < -0.39 is 0 Å². The van der Waals surface area contributed by atoms with Gasteiger partial charge in [-0.15, -0.1) is 0 Å². The minimum absolute atomic E-state index is 0.0395. The highest BCUT2D eigenvalue weighted by molar-refractivity contribution is 5.94. The van der Waals surface area contributed by atoms with Crippen LogP contribution in [-0.4, -0.2) is 30.0 Å². The van der Waals surface area contributed by atoms with Gasteiger partial charge >= 0.3 is 0 Å². The molecule has 4 rings (SSSR count). The smallest absolute Gasteiger partial charge is 0.253 e. The van der Waals surface area contributed by atoms with Crippen LogP contribution in [0.15, 0.2) is 72.8 Å². The maximum absolute atomic E-state index is 12.7. The predicted molar refractivity (Wildman–Crippen MR) is 117 cm³/mol. The number of ether oxygens (including phenoxy) is 1. The summed E-state index contributed by atoms with van der Waals surface area (Å²) in [6, 6.07) is 26.5. The number of carbonyl (C=O) groups excluding carboxylic acids is 1. The van der Waals surface area contributed by atoms with Crippen LogP contribution in [0.4, 0.5) is 0 Å². The van der Waals surface area contributed by atoms with Gasteiger partial charge in [-0.05, 0) is 53.6 Å². The number of nitrogens with zero attached hydrogens (tertiary/aromatic N) is 3. The number of hydrogen-bond donors (Lipinski definition) is 0. The molecule has 3 aromatic carbocycles. The van der Waals surface area contributed by atoms with Crippen molar-refractivity contribution in [1.29, 1.82) is 10.5 Å². The lowest BCUT2D eigenvalue weighted by Crippen LogP contribution is -2.41. The van der Waals surface area contributed by atoms with Crippen molar-refractivity contribution in [3.63, 3.8) is 0 Å². The molecule has 0 bridgehead atoms. The highest BCUT2D eigenvalue weighted by atomic mass is 16.5. The maximum Gasteiger partial charge on any atom is 0.253 e. The first kappa shape index (κ1) is 20.2. The van der Waals surface area contributed by atoms with Gasteiger partial charge in [0.2, 0.25) is 0 Å². The van der Waals surface area contributed by atoms with E-state index >= 15 is 0 Å². The summed E-state index contributed by atoms with van der Waals surface area (Å²) in [5, 5.41) is 17.9. The van der Waals surface area contributed by atoms with Crippen molar-refractivity contribution in [3.05, 3.63) is 89.5 Å². The van der Waals surface area contributed by atoms with E-state index in [0.29, 0.717) is 29.8 Å². The molecule has 0 aliphatic carbocycles. The van der Waals surface area contributed by atoms with E-state index in [2.05, 4.69) is 12.1 Å². The van der Waals surface area contributed by atoms with Gasteiger partial charge in [0.15, 0.2) is 0 Å². The van der Waals surface area contributed by atoms with Crippen LogP contribution in [0.25, 0.3) is 11.1 Å². The molecule has 0 spiro atoms. The zero-order valence-electron chi connectivity index (χ0n) is 17.0. The molecule has 1 aliphatic heterocycles. The second kappa shape index (κ2) is 9.15. The maximum atomic E-state index is 12.7.